The summed E-state index contributed by atoms with van der Waals surface area (Å²) < 4.78 is 26.1. The topological polar surface area (TPSA) is 158 Å². The van der Waals surface area contributed by atoms with Gasteiger partial charge >= 0.3 is 0 Å². The molecule has 2 saturated heterocycles. The number of ether oxygens (including phenoxy) is 2. The molecule has 0 aliphatic carbocycles. The van der Waals surface area contributed by atoms with Crippen LogP contribution in [-0.2, 0) is 20.7 Å². The maximum atomic E-state index is 15.0. The molecule has 2 aliphatic rings. The van der Waals surface area contributed by atoms with Crippen LogP contribution in [0.15, 0.2) is 30.6 Å². The Morgan fingerprint density at radius 3 is 2.46 bits per heavy atom. The molecule has 1 aromatic carbocycles. The van der Waals surface area contributed by atoms with Crippen LogP contribution in [0, 0.1) is 22.6 Å². The lowest BCUT2D eigenvalue weighted by molar-refractivity contribution is -0.136. The zero-order chi connectivity index (χ0) is 33.2. The van der Waals surface area contributed by atoms with E-state index in [1.165, 1.54) is 18.1 Å². The van der Waals surface area contributed by atoms with Crippen molar-refractivity contribution in [3.8, 4) is 5.75 Å². The van der Waals surface area contributed by atoms with E-state index in [-0.39, 0.29) is 44.1 Å². The molecule has 0 saturated carbocycles. The summed E-state index contributed by atoms with van der Waals surface area (Å²) in [6.45, 7) is 0.962. The first kappa shape index (κ1) is 35.7. The smallest absolute Gasteiger partial charge is 0.230 e. The summed E-state index contributed by atoms with van der Waals surface area (Å²) in [6, 6.07) is 4.52. The molecule has 0 spiro atoms. The van der Waals surface area contributed by atoms with Crippen LogP contribution in [0.4, 0.5) is 10.3 Å². The molecule has 3 heterocycles. The summed E-state index contributed by atoms with van der Waals surface area (Å²) in [5, 5.41) is 31.9. The summed E-state index contributed by atoms with van der Waals surface area (Å²) in [7, 11) is 1.46. The number of hydrogen-bond donors (Lipinski definition) is 4. The largest absolute Gasteiger partial charge is 0.493 e. The summed E-state index contributed by atoms with van der Waals surface area (Å²) in [5.74, 6) is 0.427. The number of nitrogens with zero attached hydrogens (tertiary/aromatic N) is 4. The molecule has 2 amide bonds. The third-order valence-electron chi connectivity index (χ3n) is 9.13. The minimum atomic E-state index is -1.27. The van der Waals surface area contributed by atoms with Crippen molar-refractivity contribution in [2.45, 2.75) is 38.5 Å². The molecule has 2 aromatic rings. The number of aliphatic hydroxyl groups is 3. The third kappa shape index (κ3) is 9.03. The first-order chi connectivity index (χ1) is 22.2. The fourth-order valence-electron chi connectivity index (χ4n) is 5.99. The Morgan fingerprint density at radius 2 is 1.83 bits per heavy atom. The minimum Gasteiger partial charge on any atom is -0.493 e. The second-order valence-corrected chi connectivity index (χ2v) is 12.9. The Hall–Kier alpha value is -3.10. The molecule has 1 unspecified atom stereocenters. The predicted octanol–water partition coefficient (Wildman–Crippen LogP) is 1.83. The number of hydrogen-bond acceptors (Lipinski definition) is 10. The quantitative estimate of drug-likeness (QED) is 0.195. The van der Waals surface area contributed by atoms with Crippen LogP contribution >= 0.6 is 11.6 Å². The number of piperidine rings is 1. The standard InChI is InChI=1S/C32H45ClFN5O7/c1-45-22-32(29(44)37-17-31(19-40,20-41)21-42)8-11-39(18-32)28(43)13-24-4-5-26(14-27(24)34)46-12-2-3-23-6-9-38(10-7-23)30-35-15-25(33)16-36-30/h4-5,14-16,23,40-42H,2-3,6-13,17-22H2,1H3,(H,37,44). The lowest BCUT2D eigenvalue weighted by atomic mass is 9.85. The zero-order valence-corrected chi connectivity index (χ0v) is 27.1. The number of carbonyl (C=O) groups is 2. The number of anilines is 1. The molecule has 254 valence electrons. The van der Waals surface area contributed by atoms with Crippen molar-refractivity contribution in [1.29, 1.82) is 0 Å². The molecular formula is C32H45ClFN5O7. The number of rotatable bonds is 16. The van der Waals surface area contributed by atoms with Crippen molar-refractivity contribution in [1.82, 2.24) is 20.2 Å². The lowest BCUT2D eigenvalue weighted by Crippen LogP contribution is -2.52. The molecule has 2 aliphatic heterocycles. The number of methoxy groups -OCH3 is 1. The van der Waals surface area contributed by atoms with Gasteiger partial charge in [-0.05, 0) is 49.7 Å². The summed E-state index contributed by atoms with van der Waals surface area (Å²) in [5.41, 5.74) is -2.07. The van der Waals surface area contributed by atoms with Crippen molar-refractivity contribution in [2.24, 2.45) is 16.7 Å². The molecule has 12 nitrogen and oxygen atoms in total. The molecule has 2 fully saturated rings. The second-order valence-electron chi connectivity index (χ2n) is 12.5. The first-order valence-electron chi connectivity index (χ1n) is 15.7. The molecule has 4 rings (SSSR count). The predicted molar refractivity (Wildman–Crippen MR) is 169 cm³/mol. The van der Waals surface area contributed by atoms with E-state index in [0.717, 1.165) is 38.8 Å². The van der Waals surface area contributed by atoms with Gasteiger partial charge in [-0.1, -0.05) is 17.7 Å². The number of nitrogens with one attached hydrogen (secondary N) is 1. The van der Waals surface area contributed by atoms with E-state index >= 15 is 0 Å². The number of aromatic nitrogens is 2. The molecule has 46 heavy (non-hydrogen) atoms. The van der Waals surface area contributed by atoms with E-state index in [2.05, 4.69) is 20.2 Å². The molecule has 1 atom stereocenters. The van der Waals surface area contributed by atoms with Crippen LogP contribution in [0.3, 0.4) is 0 Å². The van der Waals surface area contributed by atoms with E-state index in [1.54, 1.807) is 24.5 Å². The van der Waals surface area contributed by atoms with E-state index in [4.69, 9.17) is 21.1 Å². The molecule has 14 heteroatoms. The Balaban J connectivity index is 1.21. The summed E-state index contributed by atoms with van der Waals surface area (Å²) in [4.78, 5) is 38.6. The minimum absolute atomic E-state index is 0.0466. The van der Waals surface area contributed by atoms with Crippen LogP contribution in [0.2, 0.25) is 5.02 Å². The Labute approximate surface area is 273 Å². The van der Waals surface area contributed by atoms with E-state index in [0.29, 0.717) is 35.7 Å². The van der Waals surface area contributed by atoms with E-state index in [9.17, 15) is 29.3 Å². The van der Waals surface area contributed by atoms with Gasteiger partial charge in [-0.25, -0.2) is 14.4 Å². The van der Waals surface area contributed by atoms with Gasteiger partial charge in [0.05, 0.1) is 67.7 Å². The Bertz CT molecular complexity index is 1290. The van der Waals surface area contributed by atoms with E-state index in [1.807, 2.05) is 0 Å². The highest BCUT2D eigenvalue weighted by atomic mass is 35.5. The lowest BCUT2D eigenvalue weighted by Gasteiger charge is -2.32. The van der Waals surface area contributed by atoms with Crippen LogP contribution in [0.5, 0.6) is 5.75 Å². The van der Waals surface area contributed by atoms with Crippen LogP contribution in [0.1, 0.15) is 37.7 Å². The van der Waals surface area contributed by atoms with E-state index < -0.39 is 42.4 Å². The number of carbonyl (C=O) groups excluding carboxylic acids is 2. The summed E-state index contributed by atoms with van der Waals surface area (Å²) >= 11 is 5.88. The van der Waals surface area contributed by atoms with Gasteiger partial charge in [-0.2, -0.15) is 0 Å². The maximum Gasteiger partial charge on any atom is 0.230 e. The van der Waals surface area contributed by atoms with Gasteiger partial charge in [0, 0.05) is 45.9 Å². The normalized spacial score (nSPS) is 19.0. The van der Waals surface area contributed by atoms with Crippen molar-refractivity contribution in [2.75, 3.05) is 77.8 Å². The molecule has 0 bridgehead atoms. The van der Waals surface area contributed by atoms with Crippen molar-refractivity contribution in [3.63, 3.8) is 0 Å². The third-order valence-corrected chi connectivity index (χ3v) is 9.33. The summed E-state index contributed by atoms with van der Waals surface area (Å²) in [6.07, 6.45) is 7.30. The fourth-order valence-corrected chi connectivity index (χ4v) is 6.09. The average Bonchev–Trinajstić information content (AvgIpc) is 3.51. The SMILES string of the molecule is COCC1(C(=O)NCC(CO)(CO)CO)CCN(C(=O)Cc2ccc(OCCCC3CCN(c4ncc(Cl)cn4)CC3)cc2F)C1. The monoisotopic (exact) mass is 665 g/mol. The van der Waals surface area contributed by atoms with Crippen molar-refractivity contribution in [3.05, 3.63) is 47.0 Å². The molecular weight excluding hydrogens is 621 g/mol. The van der Waals surface area contributed by atoms with Gasteiger partial charge in [0.15, 0.2) is 0 Å². The number of aliphatic hydroxyl groups excluding tert-OH is 3. The highest BCUT2D eigenvalue weighted by Crippen LogP contribution is 2.33. The molecule has 4 N–H and O–H groups in total. The number of halogens is 2. The highest BCUT2D eigenvalue weighted by Gasteiger charge is 2.46. The van der Waals surface area contributed by atoms with Crippen LogP contribution in [0.25, 0.3) is 0 Å². The van der Waals surface area contributed by atoms with Gasteiger partial charge < -0.3 is 39.9 Å². The van der Waals surface area contributed by atoms with Crippen LogP contribution < -0.4 is 15.0 Å². The number of benzene rings is 1. The zero-order valence-electron chi connectivity index (χ0n) is 26.3. The fraction of sp³-hybridized carbons (Fsp3) is 0.625. The van der Waals surface area contributed by atoms with Gasteiger partial charge in [0.25, 0.3) is 0 Å². The number of likely N-dealkylation sites (tertiary alicyclic amines) is 1. The molecule has 1 aromatic heterocycles. The van der Waals surface area contributed by atoms with Crippen molar-refractivity contribution < 1.29 is 38.8 Å². The molecule has 0 radical (unpaired) electrons. The Morgan fingerprint density at radius 1 is 1.13 bits per heavy atom. The van der Waals surface area contributed by atoms with Gasteiger partial charge in [0.1, 0.15) is 11.6 Å². The highest BCUT2D eigenvalue weighted by molar-refractivity contribution is 6.30. The van der Waals surface area contributed by atoms with Gasteiger partial charge in [-0.3, -0.25) is 9.59 Å². The number of amides is 2. The second kappa shape index (κ2) is 16.6. The van der Waals surface area contributed by atoms with Gasteiger partial charge in [-0.15, -0.1) is 0 Å². The maximum absolute atomic E-state index is 15.0. The average molecular weight is 666 g/mol. The van der Waals surface area contributed by atoms with Gasteiger partial charge in [0.2, 0.25) is 17.8 Å². The Kier molecular flexibility index (Phi) is 12.9. The van der Waals surface area contributed by atoms with Crippen LogP contribution in [-0.4, -0.2) is 115 Å². The first-order valence-corrected chi connectivity index (χ1v) is 16.1. The van der Waals surface area contributed by atoms with Crippen molar-refractivity contribution >= 4 is 29.4 Å².